The first-order chi connectivity index (χ1) is 29.3. The van der Waals surface area contributed by atoms with E-state index >= 15 is 0 Å². The molecular formula is C56H41N3. The molecule has 0 aromatic heterocycles. The highest BCUT2D eigenvalue weighted by Gasteiger charge is 2.42. The van der Waals surface area contributed by atoms with Gasteiger partial charge in [0, 0.05) is 63.0 Å². The predicted octanol–water partition coefficient (Wildman–Crippen LogP) is 15.1. The van der Waals surface area contributed by atoms with Gasteiger partial charge in [-0.15, -0.1) is 0 Å². The van der Waals surface area contributed by atoms with Gasteiger partial charge in [-0.25, -0.2) is 0 Å². The minimum absolute atomic E-state index is 0.0395. The summed E-state index contributed by atoms with van der Waals surface area (Å²) < 4.78 is 0. The van der Waals surface area contributed by atoms with Crippen LogP contribution in [-0.2, 0) is 0 Å². The van der Waals surface area contributed by atoms with Crippen molar-refractivity contribution in [3.05, 3.63) is 270 Å². The molecule has 0 heterocycles. The zero-order chi connectivity index (χ0) is 39.1. The Labute approximate surface area is 346 Å². The number of para-hydroxylation sites is 6. The van der Waals surface area contributed by atoms with Crippen molar-refractivity contribution < 1.29 is 0 Å². The Bertz CT molecular complexity index is 2630. The lowest BCUT2D eigenvalue weighted by Gasteiger charge is -2.44. The SMILES string of the molecule is c1ccc(N(c2ccccc2)c2ccc3c(c2)C2c4ccc(N(c5ccccc5)c5ccccc5)cc4C3c3cc(N(c4ccccc4)c4ccccc4)ccc32)cc1. The van der Waals surface area contributed by atoms with Gasteiger partial charge in [0.15, 0.2) is 0 Å². The Kier molecular flexibility index (Phi) is 8.63. The van der Waals surface area contributed by atoms with E-state index in [4.69, 9.17) is 0 Å². The first-order valence-corrected chi connectivity index (χ1v) is 20.4. The molecule has 0 radical (unpaired) electrons. The van der Waals surface area contributed by atoms with Gasteiger partial charge in [0.05, 0.1) is 0 Å². The van der Waals surface area contributed by atoms with Crippen molar-refractivity contribution in [2.45, 2.75) is 11.8 Å². The topological polar surface area (TPSA) is 9.72 Å². The third kappa shape index (κ3) is 6.07. The van der Waals surface area contributed by atoms with Crippen LogP contribution in [0.1, 0.15) is 45.2 Å². The van der Waals surface area contributed by atoms with E-state index in [9.17, 15) is 0 Å². The molecular weight excluding hydrogens is 715 g/mol. The van der Waals surface area contributed by atoms with Crippen LogP contribution in [0.15, 0.2) is 237 Å². The van der Waals surface area contributed by atoms with Crippen LogP contribution in [0, 0.1) is 0 Å². The van der Waals surface area contributed by atoms with Crippen LogP contribution < -0.4 is 14.7 Å². The van der Waals surface area contributed by atoms with Gasteiger partial charge < -0.3 is 14.7 Å². The van der Waals surface area contributed by atoms with Crippen LogP contribution in [0.3, 0.4) is 0 Å². The average molecular weight is 756 g/mol. The lowest BCUT2D eigenvalue weighted by Crippen LogP contribution is -2.28. The molecule has 3 aliphatic carbocycles. The smallest absolute Gasteiger partial charge is 0.0464 e. The molecule has 0 amide bonds. The molecule has 3 aliphatic rings. The molecule has 0 fully saturated rings. The third-order valence-electron chi connectivity index (χ3n) is 11.9. The molecule has 3 nitrogen and oxygen atoms in total. The monoisotopic (exact) mass is 755 g/mol. The van der Waals surface area contributed by atoms with Crippen molar-refractivity contribution in [2.75, 3.05) is 14.7 Å². The van der Waals surface area contributed by atoms with Gasteiger partial charge in [-0.05, 0) is 143 Å². The van der Waals surface area contributed by atoms with Gasteiger partial charge in [0.2, 0.25) is 0 Å². The minimum atomic E-state index is 0.0395. The summed E-state index contributed by atoms with van der Waals surface area (Å²) in [6.45, 7) is 0. The normalized spacial score (nSPS) is 14.4. The van der Waals surface area contributed by atoms with Crippen LogP contribution >= 0.6 is 0 Å². The fourth-order valence-corrected chi connectivity index (χ4v) is 9.45. The number of rotatable bonds is 9. The molecule has 12 rings (SSSR count). The molecule has 0 aliphatic heterocycles. The van der Waals surface area contributed by atoms with Crippen LogP contribution in [0.5, 0.6) is 0 Å². The highest BCUT2D eigenvalue weighted by atomic mass is 15.2. The molecule has 280 valence electrons. The maximum absolute atomic E-state index is 2.46. The van der Waals surface area contributed by atoms with Crippen molar-refractivity contribution in [1.29, 1.82) is 0 Å². The second kappa shape index (κ2) is 14.7. The fourth-order valence-electron chi connectivity index (χ4n) is 9.45. The van der Waals surface area contributed by atoms with E-state index in [2.05, 4.69) is 251 Å². The van der Waals surface area contributed by atoms with E-state index in [1.54, 1.807) is 0 Å². The molecule has 9 aromatic rings. The average Bonchev–Trinajstić information content (AvgIpc) is 3.31. The van der Waals surface area contributed by atoms with E-state index in [0.29, 0.717) is 0 Å². The summed E-state index contributed by atoms with van der Waals surface area (Å²) in [6, 6.07) is 85.9. The molecule has 0 N–H and O–H groups in total. The summed E-state index contributed by atoms with van der Waals surface area (Å²) in [5.41, 5.74) is 18.5. The zero-order valence-electron chi connectivity index (χ0n) is 32.5. The summed E-state index contributed by atoms with van der Waals surface area (Å²) in [5, 5.41) is 0. The number of nitrogens with zero attached hydrogens (tertiary/aromatic N) is 3. The maximum Gasteiger partial charge on any atom is 0.0464 e. The molecule has 0 saturated carbocycles. The van der Waals surface area contributed by atoms with E-state index in [1.165, 1.54) is 33.4 Å². The largest absolute Gasteiger partial charge is 0.310 e. The van der Waals surface area contributed by atoms with Crippen molar-refractivity contribution >= 4 is 51.2 Å². The summed E-state index contributed by atoms with van der Waals surface area (Å²) in [4.78, 5) is 7.15. The van der Waals surface area contributed by atoms with Crippen molar-refractivity contribution in [3.63, 3.8) is 0 Å². The lowest BCUT2D eigenvalue weighted by molar-refractivity contribution is 0.754. The highest BCUT2D eigenvalue weighted by Crippen LogP contribution is 2.58. The number of anilines is 9. The number of benzene rings is 9. The van der Waals surface area contributed by atoms with Crippen LogP contribution in [0.4, 0.5) is 51.2 Å². The first-order valence-electron chi connectivity index (χ1n) is 20.4. The van der Waals surface area contributed by atoms with Crippen LogP contribution in [0.25, 0.3) is 0 Å². The van der Waals surface area contributed by atoms with Gasteiger partial charge in [0.25, 0.3) is 0 Å². The quantitative estimate of drug-likeness (QED) is 0.145. The lowest BCUT2D eigenvalue weighted by atomic mass is 9.61. The van der Waals surface area contributed by atoms with Crippen LogP contribution in [-0.4, -0.2) is 0 Å². The van der Waals surface area contributed by atoms with E-state index < -0.39 is 0 Å². The van der Waals surface area contributed by atoms with E-state index in [0.717, 1.165) is 51.2 Å². The van der Waals surface area contributed by atoms with Gasteiger partial charge in [0.1, 0.15) is 0 Å². The summed E-state index contributed by atoms with van der Waals surface area (Å²) in [6.07, 6.45) is 0. The summed E-state index contributed by atoms with van der Waals surface area (Å²) >= 11 is 0. The van der Waals surface area contributed by atoms with Gasteiger partial charge >= 0.3 is 0 Å². The van der Waals surface area contributed by atoms with Crippen molar-refractivity contribution in [2.24, 2.45) is 0 Å². The standard InChI is InChI=1S/C56H41N3/c1-7-19-40(20-8-1)57(41-21-9-2-10-22-41)46-33-36-51-52(37-46)55-49-34-31-47(58(42-23-11-3-12-24-42)43-25-13-4-14-26-43)38-53(49)56(51)54-39-48(32-35-50(54)55)59(44-27-15-5-16-28-44)45-29-17-6-18-30-45/h1-39,55-56H. The Morgan fingerprint density at radius 1 is 0.186 bits per heavy atom. The molecule has 0 unspecified atom stereocenters. The second-order valence-corrected chi connectivity index (χ2v) is 15.3. The summed E-state index contributed by atoms with van der Waals surface area (Å²) in [5.74, 6) is 0.109. The van der Waals surface area contributed by atoms with Crippen molar-refractivity contribution in [3.8, 4) is 0 Å². The van der Waals surface area contributed by atoms with Gasteiger partial charge in [-0.3, -0.25) is 0 Å². The van der Waals surface area contributed by atoms with Gasteiger partial charge in [-0.1, -0.05) is 127 Å². The zero-order valence-corrected chi connectivity index (χ0v) is 32.5. The molecule has 59 heavy (non-hydrogen) atoms. The Morgan fingerprint density at radius 3 is 0.610 bits per heavy atom. The molecule has 9 aromatic carbocycles. The van der Waals surface area contributed by atoms with Gasteiger partial charge in [-0.2, -0.15) is 0 Å². The third-order valence-corrected chi connectivity index (χ3v) is 11.9. The maximum atomic E-state index is 2.46. The Balaban J connectivity index is 1.11. The minimum Gasteiger partial charge on any atom is -0.310 e. The highest BCUT2D eigenvalue weighted by molar-refractivity contribution is 5.84. The second-order valence-electron chi connectivity index (χ2n) is 15.3. The molecule has 3 heteroatoms. The molecule has 0 spiro atoms. The van der Waals surface area contributed by atoms with Crippen LogP contribution in [0.2, 0.25) is 0 Å². The molecule has 0 saturated heterocycles. The molecule has 0 atom stereocenters. The Morgan fingerprint density at radius 2 is 0.390 bits per heavy atom. The first kappa shape index (κ1) is 34.6. The number of hydrogen-bond acceptors (Lipinski definition) is 3. The van der Waals surface area contributed by atoms with E-state index in [1.807, 2.05) is 0 Å². The predicted molar refractivity (Wildman–Crippen MR) is 245 cm³/mol. The fraction of sp³-hybridized carbons (Fsp3) is 0.0357. The number of hydrogen-bond donors (Lipinski definition) is 0. The Hall–Kier alpha value is -7.62. The summed E-state index contributed by atoms with van der Waals surface area (Å²) in [7, 11) is 0. The van der Waals surface area contributed by atoms with E-state index in [-0.39, 0.29) is 11.8 Å². The van der Waals surface area contributed by atoms with Crippen molar-refractivity contribution in [1.82, 2.24) is 0 Å². The molecule has 2 bridgehead atoms.